The third kappa shape index (κ3) is 31.3. The number of hydrogen-bond acceptors (Lipinski definition) is 2. The molecule has 0 spiro atoms. The van der Waals surface area contributed by atoms with Crippen molar-refractivity contribution < 1.29 is 28.2 Å². The predicted molar refractivity (Wildman–Crippen MR) is 60.9 cm³/mol. The van der Waals surface area contributed by atoms with Crippen molar-refractivity contribution >= 4 is 5.97 Å². The van der Waals surface area contributed by atoms with Crippen molar-refractivity contribution in [3.05, 3.63) is 0 Å². The van der Waals surface area contributed by atoms with E-state index < -0.39 is 12.1 Å². The molecule has 0 rings (SSSR count). The van der Waals surface area contributed by atoms with Gasteiger partial charge >= 0.3 is 12.1 Å². The summed E-state index contributed by atoms with van der Waals surface area (Å²) in [6.45, 7) is 6.71. The molecule has 0 aromatic heterocycles. The summed E-state index contributed by atoms with van der Waals surface area (Å²) >= 11 is 0. The van der Waals surface area contributed by atoms with Crippen molar-refractivity contribution in [3.8, 4) is 0 Å². The number of aliphatic hydroxyl groups excluding tert-OH is 1. The van der Waals surface area contributed by atoms with Gasteiger partial charge in [0.2, 0.25) is 0 Å². The van der Waals surface area contributed by atoms with E-state index in [4.69, 9.17) is 15.0 Å². The van der Waals surface area contributed by atoms with Crippen molar-refractivity contribution in [3.63, 3.8) is 0 Å². The van der Waals surface area contributed by atoms with Crippen molar-refractivity contribution in [1.82, 2.24) is 0 Å². The molecule has 0 saturated carbocycles. The van der Waals surface area contributed by atoms with Gasteiger partial charge in [0.15, 0.2) is 0 Å². The third-order valence-corrected chi connectivity index (χ3v) is 1.42. The highest BCUT2D eigenvalue weighted by molar-refractivity contribution is 5.73. The molecule has 17 heavy (non-hydrogen) atoms. The first-order valence-corrected chi connectivity index (χ1v) is 5.68. The van der Waals surface area contributed by atoms with Gasteiger partial charge in [0.25, 0.3) is 0 Å². The Hall–Kier alpha value is -0.780. The predicted octanol–water partition coefficient (Wildman–Crippen LogP) is 3.61. The summed E-state index contributed by atoms with van der Waals surface area (Å²) in [7, 11) is 0. The van der Waals surface area contributed by atoms with Crippen LogP contribution in [0.4, 0.5) is 13.2 Å². The average Bonchev–Trinajstić information content (AvgIpc) is 2.26. The summed E-state index contributed by atoms with van der Waals surface area (Å²) in [6, 6.07) is 0. The van der Waals surface area contributed by atoms with Gasteiger partial charge in [-0.1, -0.05) is 46.5 Å². The van der Waals surface area contributed by atoms with Crippen LogP contribution in [0.3, 0.4) is 0 Å². The normalized spacial score (nSPS) is 9.59. The van der Waals surface area contributed by atoms with E-state index in [0.29, 0.717) is 6.61 Å². The van der Waals surface area contributed by atoms with Gasteiger partial charge in [-0.05, 0) is 6.42 Å². The second-order valence-corrected chi connectivity index (χ2v) is 3.23. The fraction of sp³-hybridized carbons (Fsp3) is 0.909. The first kappa shape index (κ1) is 21.5. The van der Waals surface area contributed by atoms with Crippen molar-refractivity contribution in [2.75, 3.05) is 6.61 Å². The largest absolute Gasteiger partial charge is 0.490 e. The lowest BCUT2D eigenvalue weighted by Crippen LogP contribution is -2.21. The van der Waals surface area contributed by atoms with Crippen LogP contribution in [0.2, 0.25) is 0 Å². The zero-order valence-electron chi connectivity index (χ0n) is 10.7. The van der Waals surface area contributed by atoms with Crippen LogP contribution in [0.1, 0.15) is 52.9 Å². The van der Waals surface area contributed by atoms with E-state index in [2.05, 4.69) is 13.8 Å². The third-order valence-electron chi connectivity index (χ3n) is 1.42. The zero-order chi connectivity index (χ0) is 14.3. The molecule has 3 nitrogen and oxygen atoms in total. The Morgan fingerprint density at radius 2 is 1.24 bits per heavy atom. The highest BCUT2D eigenvalue weighted by atomic mass is 19.4. The zero-order valence-corrected chi connectivity index (χ0v) is 10.7. The van der Waals surface area contributed by atoms with E-state index in [-0.39, 0.29) is 0 Å². The molecular formula is C11H23F3O3. The maximum Gasteiger partial charge on any atom is 0.490 e. The molecule has 2 N–H and O–H groups in total. The highest BCUT2D eigenvalue weighted by Crippen LogP contribution is 2.13. The maximum atomic E-state index is 10.6. The quantitative estimate of drug-likeness (QED) is 0.759. The number of aliphatic carboxylic acids is 1. The molecule has 0 aromatic rings. The lowest BCUT2D eigenvalue weighted by molar-refractivity contribution is -0.192. The number of carboxylic acids is 1. The van der Waals surface area contributed by atoms with Crippen LogP contribution >= 0.6 is 0 Å². The lowest BCUT2D eigenvalue weighted by atomic mass is 10.2. The molecule has 0 fully saturated rings. The number of unbranched alkanes of at least 4 members (excludes halogenated alkanes) is 3. The van der Waals surface area contributed by atoms with Gasteiger partial charge in [-0.3, -0.25) is 0 Å². The molecule has 0 aliphatic carbocycles. The minimum absolute atomic E-state index is 0.319. The number of halogens is 3. The van der Waals surface area contributed by atoms with Crippen LogP contribution in [0.15, 0.2) is 0 Å². The van der Waals surface area contributed by atoms with Crippen LogP contribution in [0, 0.1) is 0 Å². The minimum Gasteiger partial charge on any atom is -0.475 e. The Labute approximate surface area is 101 Å². The number of rotatable bonds is 4. The van der Waals surface area contributed by atoms with Gasteiger partial charge in [-0.25, -0.2) is 4.79 Å². The number of hydrogen-bond donors (Lipinski definition) is 2. The Balaban J connectivity index is -0.000000180. The van der Waals surface area contributed by atoms with Gasteiger partial charge in [0.05, 0.1) is 0 Å². The van der Waals surface area contributed by atoms with Gasteiger partial charge in [-0.2, -0.15) is 13.2 Å². The summed E-state index contributed by atoms with van der Waals surface area (Å²) in [5.74, 6) is -2.76. The summed E-state index contributed by atoms with van der Waals surface area (Å²) in [5.41, 5.74) is 0. The van der Waals surface area contributed by atoms with Crippen molar-refractivity contribution in [1.29, 1.82) is 0 Å². The molecule has 0 unspecified atom stereocenters. The van der Waals surface area contributed by atoms with Gasteiger partial charge in [0, 0.05) is 6.61 Å². The van der Waals surface area contributed by atoms with E-state index in [9.17, 15) is 13.2 Å². The molecule has 0 bridgehead atoms. The minimum atomic E-state index is -5.08. The molecule has 0 radical (unpaired) electrons. The standard InChI is InChI=1S/C6H14.C3H8O.C2HF3O2/c1-3-5-6-4-2;1-2-3-4;3-2(4,5)1(6)7/h3-6H2,1-2H3;4H,2-3H2,1H3;(H,6,7). The molecule has 6 heteroatoms. The molecule has 0 aliphatic rings. The first-order chi connectivity index (χ1) is 7.77. The van der Waals surface area contributed by atoms with Crippen LogP contribution in [-0.4, -0.2) is 29.0 Å². The average molecular weight is 260 g/mol. The smallest absolute Gasteiger partial charge is 0.475 e. The summed E-state index contributed by atoms with van der Waals surface area (Å²) < 4.78 is 31.7. The summed E-state index contributed by atoms with van der Waals surface area (Å²) in [4.78, 5) is 8.90. The second-order valence-electron chi connectivity index (χ2n) is 3.23. The molecule has 0 aromatic carbocycles. The molecule has 0 amide bonds. The van der Waals surface area contributed by atoms with Gasteiger partial charge in [-0.15, -0.1) is 0 Å². The fourth-order valence-electron chi connectivity index (χ4n) is 0.500. The number of carbonyl (C=O) groups is 1. The molecule has 106 valence electrons. The Morgan fingerprint density at radius 1 is 1.00 bits per heavy atom. The molecule has 0 saturated heterocycles. The number of alkyl halides is 3. The SMILES string of the molecule is CCCCCC.CCCO.O=C(O)C(F)(F)F. The van der Waals surface area contributed by atoms with Crippen LogP contribution in [-0.2, 0) is 4.79 Å². The summed E-state index contributed by atoms with van der Waals surface area (Å²) in [5, 5.41) is 15.0. The molecular weight excluding hydrogens is 237 g/mol. The van der Waals surface area contributed by atoms with Crippen LogP contribution < -0.4 is 0 Å². The Bertz CT molecular complexity index is 153. The van der Waals surface area contributed by atoms with Crippen molar-refractivity contribution in [2.45, 2.75) is 59.1 Å². The van der Waals surface area contributed by atoms with Crippen LogP contribution in [0.5, 0.6) is 0 Å². The molecule has 0 atom stereocenters. The first-order valence-electron chi connectivity index (χ1n) is 5.68. The highest BCUT2D eigenvalue weighted by Gasteiger charge is 2.38. The van der Waals surface area contributed by atoms with E-state index in [1.165, 1.54) is 25.7 Å². The second kappa shape index (κ2) is 15.2. The van der Waals surface area contributed by atoms with Gasteiger partial charge in [0.1, 0.15) is 0 Å². The van der Waals surface area contributed by atoms with E-state index in [1.54, 1.807) is 0 Å². The maximum absolute atomic E-state index is 10.6. The molecule has 0 heterocycles. The van der Waals surface area contributed by atoms with E-state index in [1.807, 2.05) is 6.92 Å². The Kier molecular flexibility index (Phi) is 19.2. The monoisotopic (exact) mass is 260 g/mol. The van der Waals surface area contributed by atoms with Crippen molar-refractivity contribution in [2.24, 2.45) is 0 Å². The number of aliphatic hydroxyl groups is 1. The lowest BCUT2D eigenvalue weighted by Gasteiger charge is -1.93. The molecule has 0 aliphatic heterocycles. The van der Waals surface area contributed by atoms with E-state index >= 15 is 0 Å². The van der Waals surface area contributed by atoms with Gasteiger partial charge < -0.3 is 10.2 Å². The van der Waals surface area contributed by atoms with E-state index in [0.717, 1.165) is 6.42 Å². The topological polar surface area (TPSA) is 57.5 Å². The fourth-order valence-corrected chi connectivity index (χ4v) is 0.500. The van der Waals surface area contributed by atoms with Crippen LogP contribution in [0.25, 0.3) is 0 Å². The summed E-state index contributed by atoms with van der Waals surface area (Å²) in [6.07, 6.45) is 1.33. The Morgan fingerprint density at radius 3 is 1.29 bits per heavy atom. The number of carboxylic acid groups (broad SMARTS) is 1.